The number of aryl methyl sites for hydroxylation is 1. The molecule has 2 rings (SSSR count). The number of hydrogen-bond acceptors (Lipinski definition) is 6. The lowest BCUT2D eigenvalue weighted by atomic mass is 9.80. The minimum Gasteiger partial charge on any atom is -0.463 e. The van der Waals surface area contributed by atoms with Gasteiger partial charge in [-0.25, -0.2) is 4.79 Å². The Hall–Kier alpha value is -2.57. The van der Waals surface area contributed by atoms with Crippen molar-refractivity contribution >= 4 is 23.2 Å². The first-order chi connectivity index (χ1) is 9.45. The van der Waals surface area contributed by atoms with Crippen molar-refractivity contribution in [3.63, 3.8) is 0 Å². The minimum atomic E-state index is -1.11. The topological polar surface area (TPSA) is 104 Å². The number of esters is 1. The maximum Gasteiger partial charge on any atom is 0.375 e. The van der Waals surface area contributed by atoms with Crippen molar-refractivity contribution in [2.75, 3.05) is 7.11 Å². The molecule has 0 heterocycles. The van der Waals surface area contributed by atoms with Crippen molar-refractivity contribution in [2.24, 2.45) is 5.92 Å². The van der Waals surface area contributed by atoms with Crippen LogP contribution in [0.1, 0.15) is 22.3 Å². The lowest BCUT2D eigenvalue weighted by Gasteiger charge is -2.21. The van der Waals surface area contributed by atoms with Gasteiger partial charge in [0.25, 0.3) is 11.5 Å². The van der Waals surface area contributed by atoms with E-state index in [9.17, 15) is 24.5 Å². The average Bonchev–Trinajstić information content (AvgIpc) is 2.45. The van der Waals surface area contributed by atoms with Gasteiger partial charge in [0.05, 0.1) is 18.0 Å². The molecule has 7 heteroatoms. The zero-order valence-corrected chi connectivity index (χ0v) is 10.6. The van der Waals surface area contributed by atoms with E-state index < -0.39 is 28.4 Å². The molecule has 1 aliphatic rings. The molecule has 0 N–H and O–H groups in total. The molecule has 7 nitrogen and oxygen atoms in total. The molecule has 20 heavy (non-hydrogen) atoms. The summed E-state index contributed by atoms with van der Waals surface area (Å²) in [7, 11) is 1.06. The molecule has 1 aliphatic carbocycles. The zero-order valence-electron chi connectivity index (χ0n) is 10.6. The fourth-order valence-corrected chi connectivity index (χ4v) is 2.24. The molecule has 0 fully saturated rings. The predicted octanol–water partition coefficient (Wildman–Crippen LogP) is 1.08. The molecule has 0 saturated carbocycles. The number of methoxy groups -OCH3 is 1. The lowest BCUT2D eigenvalue weighted by molar-refractivity contribution is -0.384. The van der Waals surface area contributed by atoms with Crippen molar-refractivity contribution in [3.05, 3.63) is 39.4 Å². The molecule has 0 aromatic heterocycles. The Morgan fingerprint density at radius 3 is 2.70 bits per heavy atom. The quantitative estimate of drug-likeness (QED) is 0.269. The summed E-state index contributed by atoms with van der Waals surface area (Å²) in [5.41, 5.74) is 0.561. The van der Waals surface area contributed by atoms with E-state index in [-0.39, 0.29) is 17.7 Å². The summed E-state index contributed by atoms with van der Waals surface area (Å²) in [6.45, 7) is 0. The largest absolute Gasteiger partial charge is 0.463 e. The van der Waals surface area contributed by atoms with E-state index in [4.69, 9.17) is 0 Å². The smallest absolute Gasteiger partial charge is 0.375 e. The number of ether oxygens (including phenoxy) is 1. The molecule has 1 atom stereocenters. The highest BCUT2D eigenvalue weighted by Gasteiger charge is 2.37. The monoisotopic (exact) mass is 277 g/mol. The van der Waals surface area contributed by atoms with Gasteiger partial charge in [-0.15, -0.1) is 0 Å². The zero-order chi connectivity index (χ0) is 14.9. The Kier molecular flexibility index (Phi) is 3.60. The maximum absolute atomic E-state index is 12.2. The number of hydrogen-bond donors (Lipinski definition) is 0. The molecule has 1 aromatic carbocycles. The summed E-state index contributed by atoms with van der Waals surface area (Å²) >= 11 is 0. The molecule has 0 bridgehead atoms. The minimum absolute atomic E-state index is 0.132. The van der Waals surface area contributed by atoms with Crippen LogP contribution in [0.3, 0.4) is 0 Å². The number of nitrogens with zero attached hydrogens (tertiary/aromatic N) is 1. The van der Waals surface area contributed by atoms with E-state index in [1.54, 1.807) is 0 Å². The number of rotatable bonds is 3. The van der Waals surface area contributed by atoms with E-state index in [0.29, 0.717) is 12.0 Å². The van der Waals surface area contributed by atoms with Crippen LogP contribution in [0.2, 0.25) is 0 Å². The third-order valence-electron chi connectivity index (χ3n) is 3.29. The molecular formula is C13H11NO6. The number of nitro benzene ring substituents is 1. The Morgan fingerprint density at radius 2 is 2.10 bits per heavy atom. The highest BCUT2D eigenvalue weighted by molar-refractivity contribution is 6.39. The van der Waals surface area contributed by atoms with Crippen LogP contribution in [0.4, 0.5) is 5.69 Å². The molecule has 0 saturated heterocycles. The first-order valence-corrected chi connectivity index (χ1v) is 5.89. The van der Waals surface area contributed by atoms with Crippen LogP contribution in [0.25, 0.3) is 0 Å². The summed E-state index contributed by atoms with van der Waals surface area (Å²) in [4.78, 5) is 45.3. The lowest BCUT2D eigenvalue weighted by Crippen LogP contribution is -2.34. The molecule has 1 aromatic rings. The van der Waals surface area contributed by atoms with Gasteiger partial charge >= 0.3 is 5.97 Å². The summed E-state index contributed by atoms with van der Waals surface area (Å²) in [5, 5.41) is 10.7. The third kappa shape index (κ3) is 2.29. The molecule has 0 aliphatic heterocycles. The van der Waals surface area contributed by atoms with E-state index in [0.717, 1.165) is 13.2 Å². The van der Waals surface area contributed by atoms with Gasteiger partial charge in [0.2, 0.25) is 0 Å². The second-order valence-electron chi connectivity index (χ2n) is 4.41. The summed E-state index contributed by atoms with van der Waals surface area (Å²) in [6, 6.07) is 3.97. The van der Waals surface area contributed by atoms with Gasteiger partial charge in [-0.1, -0.05) is 6.07 Å². The fourth-order valence-electron chi connectivity index (χ4n) is 2.24. The Balaban J connectivity index is 2.37. The van der Waals surface area contributed by atoms with E-state index >= 15 is 0 Å². The first-order valence-electron chi connectivity index (χ1n) is 5.89. The van der Waals surface area contributed by atoms with E-state index in [1.807, 2.05) is 0 Å². The second-order valence-corrected chi connectivity index (χ2v) is 4.41. The van der Waals surface area contributed by atoms with Crippen molar-refractivity contribution in [3.8, 4) is 0 Å². The summed E-state index contributed by atoms with van der Waals surface area (Å²) < 4.78 is 4.31. The van der Waals surface area contributed by atoms with Crippen LogP contribution in [-0.2, 0) is 20.7 Å². The molecular weight excluding hydrogens is 266 g/mol. The molecule has 0 radical (unpaired) electrons. The SMILES string of the molecule is COC(=O)C(=O)C1CCc2ccc([N+](=O)[O-])cc2C1=O. The standard InChI is InChI=1S/C13H11NO6/c1-20-13(17)12(16)9-5-3-7-2-4-8(14(18)19)6-10(7)11(9)15/h2,4,6,9H,3,5H2,1H3. The van der Waals surface area contributed by atoms with Crippen molar-refractivity contribution in [1.82, 2.24) is 0 Å². The molecule has 1 unspecified atom stereocenters. The number of benzene rings is 1. The number of Topliss-reactive ketones (excluding diaryl/α,β-unsaturated/α-hetero) is 2. The highest BCUT2D eigenvalue weighted by atomic mass is 16.6. The first kappa shape index (κ1) is 13.9. The Morgan fingerprint density at radius 1 is 1.40 bits per heavy atom. The summed E-state index contributed by atoms with van der Waals surface area (Å²) in [6.07, 6.45) is 0.615. The summed E-state index contributed by atoms with van der Waals surface area (Å²) in [5.74, 6) is -3.66. The van der Waals surface area contributed by atoms with Crippen LogP contribution < -0.4 is 0 Å². The number of fused-ring (bicyclic) bond motifs is 1. The second kappa shape index (κ2) is 5.20. The normalized spacial score (nSPS) is 17.2. The van der Waals surface area contributed by atoms with Crippen molar-refractivity contribution in [2.45, 2.75) is 12.8 Å². The Labute approximate surface area is 113 Å². The van der Waals surface area contributed by atoms with E-state index in [2.05, 4.69) is 4.74 Å². The third-order valence-corrected chi connectivity index (χ3v) is 3.29. The van der Waals surface area contributed by atoms with Crippen LogP contribution in [0.5, 0.6) is 0 Å². The number of nitro groups is 1. The van der Waals surface area contributed by atoms with Crippen molar-refractivity contribution < 1.29 is 24.0 Å². The van der Waals surface area contributed by atoms with Gasteiger partial charge in [-0.3, -0.25) is 19.7 Å². The van der Waals surface area contributed by atoms with Gasteiger partial charge in [0, 0.05) is 17.7 Å². The van der Waals surface area contributed by atoms with Gasteiger partial charge < -0.3 is 4.74 Å². The number of ketones is 2. The fraction of sp³-hybridized carbons (Fsp3) is 0.308. The number of non-ortho nitro benzene ring substituents is 1. The number of carbonyl (C=O) groups excluding carboxylic acids is 3. The van der Waals surface area contributed by atoms with Crippen LogP contribution >= 0.6 is 0 Å². The Bertz CT molecular complexity index is 621. The maximum atomic E-state index is 12.2. The van der Waals surface area contributed by atoms with Gasteiger partial charge in [0.1, 0.15) is 0 Å². The predicted molar refractivity (Wildman–Crippen MR) is 66.3 cm³/mol. The molecule has 0 amide bonds. The number of carbonyl (C=O) groups is 3. The highest BCUT2D eigenvalue weighted by Crippen LogP contribution is 2.29. The van der Waals surface area contributed by atoms with Gasteiger partial charge in [-0.2, -0.15) is 0 Å². The van der Waals surface area contributed by atoms with Crippen molar-refractivity contribution in [1.29, 1.82) is 0 Å². The molecule has 104 valence electrons. The molecule has 0 spiro atoms. The van der Waals surface area contributed by atoms with Gasteiger partial charge in [0.15, 0.2) is 5.78 Å². The van der Waals surface area contributed by atoms with Crippen LogP contribution in [0.15, 0.2) is 18.2 Å². The van der Waals surface area contributed by atoms with Crippen LogP contribution in [0, 0.1) is 16.0 Å². The van der Waals surface area contributed by atoms with E-state index in [1.165, 1.54) is 12.1 Å². The van der Waals surface area contributed by atoms with Gasteiger partial charge in [-0.05, 0) is 18.4 Å². The van der Waals surface area contributed by atoms with Crippen LogP contribution in [-0.4, -0.2) is 29.6 Å². The average molecular weight is 277 g/mol.